The highest BCUT2D eigenvalue weighted by atomic mass is 32.1. The molecule has 30 heavy (non-hydrogen) atoms. The summed E-state index contributed by atoms with van der Waals surface area (Å²) >= 11 is 1.52. The molecule has 1 aliphatic rings. The molecule has 3 aromatic rings. The van der Waals surface area contributed by atoms with Crippen molar-refractivity contribution >= 4 is 44.1 Å². The Morgan fingerprint density at radius 3 is 2.47 bits per heavy atom. The largest absolute Gasteiger partial charge is 0.369 e. The number of anilines is 2. The first-order valence-corrected chi connectivity index (χ1v) is 11.1. The van der Waals surface area contributed by atoms with E-state index in [-0.39, 0.29) is 11.7 Å². The van der Waals surface area contributed by atoms with Crippen LogP contribution in [0.3, 0.4) is 0 Å². The van der Waals surface area contributed by atoms with Gasteiger partial charge in [-0.1, -0.05) is 23.5 Å². The van der Waals surface area contributed by atoms with Crippen molar-refractivity contribution in [2.24, 2.45) is 0 Å². The molecule has 0 bridgehead atoms. The predicted molar refractivity (Wildman–Crippen MR) is 123 cm³/mol. The second kappa shape index (κ2) is 8.93. The van der Waals surface area contributed by atoms with Crippen molar-refractivity contribution < 1.29 is 9.59 Å². The van der Waals surface area contributed by atoms with Crippen LogP contribution in [0.15, 0.2) is 42.5 Å². The van der Waals surface area contributed by atoms with Gasteiger partial charge in [-0.2, -0.15) is 0 Å². The monoisotopic (exact) mass is 422 g/mol. The number of carbonyl (C=O) groups is 2. The molecule has 4 rings (SSSR count). The average molecular weight is 423 g/mol. The second-order valence-corrected chi connectivity index (χ2v) is 8.70. The van der Waals surface area contributed by atoms with Crippen LogP contribution in [0, 0.1) is 6.92 Å². The Morgan fingerprint density at radius 2 is 1.80 bits per heavy atom. The number of benzene rings is 2. The number of carbonyl (C=O) groups excluding carboxylic acids is 2. The van der Waals surface area contributed by atoms with Gasteiger partial charge in [-0.15, -0.1) is 0 Å². The van der Waals surface area contributed by atoms with Gasteiger partial charge in [0.25, 0.3) is 0 Å². The molecule has 2 aromatic carbocycles. The van der Waals surface area contributed by atoms with Crippen LogP contribution in [0.5, 0.6) is 0 Å². The highest BCUT2D eigenvalue weighted by Crippen LogP contribution is 2.28. The second-order valence-electron chi connectivity index (χ2n) is 7.67. The number of Topliss-reactive ketones (excluding diaryl/α,β-unsaturated/α-hetero) is 1. The lowest BCUT2D eigenvalue weighted by atomic mass is 10.1. The van der Waals surface area contributed by atoms with Crippen molar-refractivity contribution in [2.45, 2.75) is 20.3 Å². The van der Waals surface area contributed by atoms with Crippen LogP contribution in [0.2, 0.25) is 0 Å². The molecule has 7 heteroatoms. The third kappa shape index (κ3) is 4.68. The summed E-state index contributed by atoms with van der Waals surface area (Å²) in [5.74, 6) is 0.0968. The third-order valence-corrected chi connectivity index (χ3v) is 6.47. The zero-order valence-corrected chi connectivity index (χ0v) is 18.2. The number of nitrogens with zero attached hydrogens (tertiary/aromatic N) is 3. The lowest BCUT2D eigenvalue weighted by Gasteiger charge is -2.36. The van der Waals surface area contributed by atoms with E-state index in [0.29, 0.717) is 11.6 Å². The van der Waals surface area contributed by atoms with E-state index in [0.717, 1.165) is 59.8 Å². The van der Waals surface area contributed by atoms with Gasteiger partial charge in [0.05, 0.1) is 10.2 Å². The molecule has 0 atom stereocenters. The Morgan fingerprint density at radius 1 is 1.07 bits per heavy atom. The summed E-state index contributed by atoms with van der Waals surface area (Å²) in [5, 5.41) is 3.62. The fraction of sp³-hybridized carbons (Fsp3) is 0.348. The molecular formula is C23H26N4O2S. The summed E-state index contributed by atoms with van der Waals surface area (Å²) in [5.41, 5.74) is 3.97. The lowest BCUT2D eigenvalue weighted by molar-refractivity contribution is -0.116. The molecule has 1 fully saturated rings. The van der Waals surface area contributed by atoms with E-state index in [2.05, 4.69) is 20.1 Å². The number of aryl methyl sites for hydroxylation is 1. The van der Waals surface area contributed by atoms with Crippen LogP contribution in [0.1, 0.15) is 29.3 Å². The molecule has 1 aromatic heterocycles. The van der Waals surface area contributed by atoms with E-state index in [1.165, 1.54) is 11.3 Å². The van der Waals surface area contributed by atoms with Crippen LogP contribution >= 0.6 is 11.3 Å². The predicted octanol–water partition coefficient (Wildman–Crippen LogP) is 3.96. The number of rotatable bonds is 6. The third-order valence-electron chi connectivity index (χ3n) is 5.53. The summed E-state index contributed by atoms with van der Waals surface area (Å²) in [7, 11) is 0. The van der Waals surface area contributed by atoms with Gasteiger partial charge in [0, 0.05) is 50.4 Å². The van der Waals surface area contributed by atoms with Crippen LogP contribution in [0.4, 0.5) is 10.8 Å². The number of hydrogen-bond acceptors (Lipinski definition) is 6. The number of ketones is 1. The first-order valence-electron chi connectivity index (χ1n) is 10.2. The minimum absolute atomic E-state index is 0.00830. The fourth-order valence-corrected chi connectivity index (χ4v) is 4.68. The van der Waals surface area contributed by atoms with Crippen molar-refractivity contribution in [3.05, 3.63) is 53.6 Å². The summed E-state index contributed by atoms with van der Waals surface area (Å²) in [4.78, 5) is 33.0. The molecule has 0 unspecified atom stereocenters. The number of para-hydroxylation sites is 1. The van der Waals surface area contributed by atoms with Crippen LogP contribution in [-0.4, -0.2) is 54.3 Å². The Balaban J connectivity index is 1.24. The first kappa shape index (κ1) is 20.5. The quantitative estimate of drug-likeness (QED) is 0.609. The van der Waals surface area contributed by atoms with Gasteiger partial charge in [-0.25, -0.2) is 4.98 Å². The topological polar surface area (TPSA) is 65.5 Å². The van der Waals surface area contributed by atoms with E-state index < -0.39 is 0 Å². The highest BCUT2D eigenvalue weighted by molar-refractivity contribution is 7.22. The summed E-state index contributed by atoms with van der Waals surface area (Å²) in [6.45, 7) is 8.03. The van der Waals surface area contributed by atoms with Gasteiger partial charge < -0.3 is 10.2 Å². The van der Waals surface area contributed by atoms with Crippen molar-refractivity contribution in [3.63, 3.8) is 0 Å². The molecular weight excluding hydrogens is 396 g/mol. The van der Waals surface area contributed by atoms with E-state index in [4.69, 9.17) is 0 Å². The molecule has 156 valence electrons. The van der Waals surface area contributed by atoms with Gasteiger partial charge in [0.2, 0.25) is 5.91 Å². The van der Waals surface area contributed by atoms with Gasteiger partial charge >= 0.3 is 0 Å². The van der Waals surface area contributed by atoms with Gasteiger partial charge in [-0.05, 0) is 49.7 Å². The molecule has 2 heterocycles. The summed E-state index contributed by atoms with van der Waals surface area (Å²) in [6, 6.07) is 13.9. The average Bonchev–Trinajstić information content (AvgIpc) is 3.16. The number of hydrogen-bond donors (Lipinski definition) is 1. The number of fused-ring (bicyclic) bond motifs is 1. The zero-order valence-electron chi connectivity index (χ0n) is 17.4. The Bertz CT molecular complexity index is 1050. The van der Waals surface area contributed by atoms with Crippen LogP contribution in [-0.2, 0) is 4.79 Å². The first-order chi connectivity index (χ1) is 14.5. The van der Waals surface area contributed by atoms with Crippen molar-refractivity contribution in [3.8, 4) is 0 Å². The molecule has 1 saturated heterocycles. The smallest absolute Gasteiger partial charge is 0.227 e. The molecule has 1 aliphatic heterocycles. The number of nitrogens with one attached hydrogen (secondary N) is 1. The SMILES string of the molecule is CC(=O)c1ccc(N2CCN(CCC(=O)Nc3nc4c(C)cccc4s3)CC2)cc1. The Labute approximate surface area is 180 Å². The van der Waals surface area contributed by atoms with Crippen molar-refractivity contribution in [2.75, 3.05) is 42.9 Å². The Kier molecular flexibility index (Phi) is 6.11. The molecule has 0 spiro atoms. The molecule has 1 N–H and O–H groups in total. The van der Waals surface area contributed by atoms with Gasteiger partial charge in [-0.3, -0.25) is 14.5 Å². The number of amides is 1. The highest BCUT2D eigenvalue weighted by Gasteiger charge is 2.18. The zero-order chi connectivity index (χ0) is 21.1. The maximum atomic E-state index is 12.4. The van der Waals surface area contributed by atoms with E-state index in [9.17, 15) is 9.59 Å². The van der Waals surface area contributed by atoms with Crippen molar-refractivity contribution in [1.82, 2.24) is 9.88 Å². The van der Waals surface area contributed by atoms with Gasteiger partial charge in [0.1, 0.15) is 0 Å². The summed E-state index contributed by atoms with van der Waals surface area (Å²) < 4.78 is 1.10. The molecule has 1 amide bonds. The molecule has 0 radical (unpaired) electrons. The van der Waals surface area contributed by atoms with E-state index >= 15 is 0 Å². The van der Waals surface area contributed by atoms with Crippen LogP contribution in [0.25, 0.3) is 10.2 Å². The summed E-state index contributed by atoms with van der Waals surface area (Å²) in [6.07, 6.45) is 0.461. The van der Waals surface area contributed by atoms with E-state index in [1.807, 2.05) is 49.4 Å². The van der Waals surface area contributed by atoms with Gasteiger partial charge in [0.15, 0.2) is 10.9 Å². The maximum absolute atomic E-state index is 12.4. The fourth-order valence-electron chi connectivity index (χ4n) is 3.72. The number of thiazole rings is 1. The van der Waals surface area contributed by atoms with Crippen LogP contribution < -0.4 is 10.2 Å². The molecule has 6 nitrogen and oxygen atoms in total. The normalized spacial score (nSPS) is 14.8. The lowest BCUT2D eigenvalue weighted by Crippen LogP contribution is -2.47. The minimum atomic E-state index is 0.00830. The van der Waals surface area contributed by atoms with E-state index in [1.54, 1.807) is 6.92 Å². The minimum Gasteiger partial charge on any atom is -0.369 e. The number of piperazine rings is 1. The molecule has 0 aliphatic carbocycles. The standard InChI is InChI=1S/C23H26N4O2S/c1-16-4-3-5-20-22(16)25-23(30-20)24-21(29)10-11-26-12-14-27(15-13-26)19-8-6-18(7-9-19)17(2)28/h3-9H,10-15H2,1-2H3,(H,24,25,29). The van der Waals surface area contributed by atoms with Crippen molar-refractivity contribution in [1.29, 1.82) is 0 Å². The Hall–Kier alpha value is -2.77. The molecule has 0 saturated carbocycles. The number of aromatic nitrogens is 1. The maximum Gasteiger partial charge on any atom is 0.227 e.